The first-order valence-corrected chi connectivity index (χ1v) is 4.48. The standard InChI is InChI=1S/C6H5NO3.C5H5N.H3N/c8-6-3-1-5(2-4-6)7(9)10;1-2-4-6-5-3-1;/h1-4,8H;1-5H;1H3. The van der Waals surface area contributed by atoms with Crippen molar-refractivity contribution in [3.05, 3.63) is 65.0 Å². The molecule has 4 N–H and O–H groups in total. The van der Waals surface area contributed by atoms with Gasteiger partial charge in [-0.1, -0.05) is 6.07 Å². The summed E-state index contributed by atoms with van der Waals surface area (Å²) in [7, 11) is 0. The lowest BCUT2D eigenvalue weighted by molar-refractivity contribution is -0.384. The van der Waals surface area contributed by atoms with Crippen LogP contribution in [0.5, 0.6) is 5.75 Å². The Morgan fingerprint density at radius 1 is 1.06 bits per heavy atom. The van der Waals surface area contributed by atoms with E-state index in [1.165, 1.54) is 24.3 Å². The third-order valence-electron chi connectivity index (χ3n) is 1.63. The fraction of sp³-hybridized carbons (Fsp3) is 0. The van der Waals surface area contributed by atoms with Crippen LogP contribution in [0, 0.1) is 10.1 Å². The first-order valence-electron chi connectivity index (χ1n) is 4.48. The molecule has 0 unspecified atom stereocenters. The van der Waals surface area contributed by atoms with E-state index in [0.29, 0.717) is 0 Å². The zero-order chi connectivity index (χ0) is 11.8. The highest BCUT2D eigenvalue weighted by Gasteiger charge is 2.01. The number of nitro benzene ring substituents is 1. The van der Waals surface area contributed by atoms with Gasteiger partial charge in [-0.3, -0.25) is 15.1 Å². The highest BCUT2D eigenvalue weighted by atomic mass is 16.6. The summed E-state index contributed by atoms with van der Waals surface area (Å²) in [5.41, 5.74) is -0.0159. The van der Waals surface area contributed by atoms with Crippen molar-refractivity contribution in [2.45, 2.75) is 0 Å². The van der Waals surface area contributed by atoms with Crippen molar-refractivity contribution in [3.63, 3.8) is 0 Å². The number of nitro groups is 1. The van der Waals surface area contributed by atoms with E-state index in [1.807, 2.05) is 18.2 Å². The van der Waals surface area contributed by atoms with Gasteiger partial charge in [0.05, 0.1) is 4.92 Å². The quantitative estimate of drug-likeness (QED) is 0.582. The van der Waals surface area contributed by atoms with Crippen LogP contribution in [0.25, 0.3) is 0 Å². The number of aromatic hydroxyl groups is 1. The lowest BCUT2D eigenvalue weighted by Gasteiger charge is -1.89. The molecule has 1 heterocycles. The Morgan fingerprint density at radius 2 is 1.59 bits per heavy atom. The molecule has 2 rings (SSSR count). The second-order valence-corrected chi connectivity index (χ2v) is 2.80. The van der Waals surface area contributed by atoms with Gasteiger partial charge in [0.1, 0.15) is 5.75 Å². The minimum Gasteiger partial charge on any atom is -0.508 e. The number of nitrogens with zero attached hydrogens (tertiary/aromatic N) is 2. The van der Waals surface area contributed by atoms with Crippen LogP contribution >= 0.6 is 0 Å². The van der Waals surface area contributed by atoms with Crippen molar-refractivity contribution in [1.29, 1.82) is 0 Å². The van der Waals surface area contributed by atoms with Crippen LogP contribution in [-0.4, -0.2) is 15.0 Å². The van der Waals surface area contributed by atoms with E-state index < -0.39 is 4.92 Å². The van der Waals surface area contributed by atoms with Gasteiger partial charge in [0.2, 0.25) is 0 Å². The minimum atomic E-state index is -0.514. The van der Waals surface area contributed by atoms with E-state index in [0.717, 1.165) is 0 Å². The van der Waals surface area contributed by atoms with Gasteiger partial charge in [0.15, 0.2) is 0 Å². The molecule has 0 atom stereocenters. The number of hydrogen-bond donors (Lipinski definition) is 2. The van der Waals surface area contributed by atoms with Crippen LogP contribution in [0.4, 0.5) is 5.69 Å². The topological polar surface area (TPSA) is 111 Å². The van der Waals surface area contributed by atoms with Crippen LogP contribution in [-0.2, 0) is 0 Å². The molecule has 90 valence electrons. The van der Waals surface area contributed by atoms with Crippen molar-refractivity contribution in [2.75, 3.05) is 0 Å². The number of rotatable bonds is 1. The van der Waals surface area contributed by atoms with Crippen molar-refractivity contribution >= 4 is 5.69 Å². The number of aromatic nitrogens is 1. The number of benzene rings is 1. The Morgan fingerprint density at radius 3 is 1.88 bits per heavy atom. The van der Waals surface area contributed by atoms with Crippen molar-refractivity contribution < 1.29 is 10.0 Å². The van der Waals surface area contributed by atoms with Gasteiger partial charge in [-0.25, -0.2) is 0 Å². The Kier molecular flexibility index (Phi) is 6.64. The average molecular weight is 235 g/mol. The lowest BCUT2D eigenvalue weighted by Crippen LogP contribution is -1.85. The smallest absolute Gasteiger partial charge is 0.269 e. The Labute approximate surface area is 98.3 Å². The second-order valence-electron chi connectivity index (χ2n) is 2.80. The molecule has 0 saturated carbocycles. The normalized spacial score (nSPS) is 8.24. The van der Waals surface area contributed by atoms with Crippen LogP contribution < -0.4 is 6.15 Å². The molecule has 0 bridgehead atoms. The molecule has 0 aliphatic heterocycles. The molecule has 0 saturated heterocycles. The van der Waals surface area contributed by atoms with E-state index in [1.54, 1.807) is 12.4 Å². The second kappa shape index (κ2) is 7.77. The SMILES string of the molecule is N.O=[N+]([O-])c1ccc(O)cc1.c1ccncc1. The maximum Gasteiger partial charge on any atom is 0.269 e. The summed E-state index contributed by atoms with van der Waals surface area (Å²) < 4.78 is 0. The summed E-state index contributed by atoms with van der Waals surface area (Å²) in [6, 6.07) is 10.8. The molecule has 1 aromatic carbocycles. The molecule has 2 aromatic rings. The summed E-state index contributed by atoms with van der Waals surface area (Å²) in [5.74, 6) is 0.0330. The van der Waals surface area contributed by atoms with Crippen molar-refractivity contribution in [3.8, 4) is 5.75 Å². The van der Waals surface area contributed by atoms with Crippen molar-refractivity contribution in [1.82, 2.24) is 11.1 Å². The summed E-state index contributed by atoms with van der Waals surface area (Å²) in [6.07, 6.45) is 3.50. The zero-order valence-corrected chi connectivity index (χ0v) is 9.06. The molecule has 1 aromatic heterocycles. The lowest BCUT2D eigenvalue weighted by atomic mass is 10.3. The highest BCUT2D eigenvalue weighted by molar-refractivity contribution is 5.34. The maximum atomic E-state index is 10.0. The van der Waals surface area contributed by atoms with E-state index in [9.17, 15) is 10.1 Å². The molecule has 0 amide bonds. The van der Waals surface area contributed by atoms with Crippen molar-refractivity contribution in [2.24, 2.45) is 0 Å². The molecule has 0 fully saturated rings. The van der Waals surface area contributed by atoms with Gasteiger partial charge in [0, 0.05) is 24.5 Å². The minimum absolute atomic E-state index is 0. The number of pyridine rings is 1. The summed E-state index contributed by atoms with van der Waals surface area (Å²) in [4.78, 5) is 13.3. The maximum absolute atomic E-state index is 10.0. The zero-order valence-electron chi connectivity index (χ0n) is 9.06. The third kappa shape index (κ3) is 5.85. The van der Waals surface area contributed by atoms with E-state index in [4.69, 9.17) is 5.11 Å². The Balaban J connectivity index is 0.000000316. The fourth-order valence-electron chi connectivity index (χ4n) is 0.887. The molecule has 0 aliphatic carbocycles. The number of non-ortho nitro benzene ring substituents is 1. The molecule has 6 nitrogen and oxygen atoms in total. The Hall–Kier alpha value is -2.47. The van der Waals surface area contributed by atoms with E-state index in [2.05, 4.69) is 4.98 Å². The number of phenols is 1. The Bertz CT molecular complexity index is 405. The van der Waals surface area contributed by atoms with Gasteiger partial charge in [-0.05, 0) is 24.3 Å². The van der Waals surface area contributed by atoms with Crippen LogP contribution in [0.3, 0.4) is 0 Å². The average Bonchev–Trinajstić information content (AvgIpc) is 2.32. The highest BCUT2D eigenvalue weighted by Crippen LogP contribution is 2.14. The predicted octanol–water partition coefficient (Wildman–Crippen LogP) is 2.54. The molecule has 0 radical (unpaired) electrons. The first-order chi connectivity index (χ1) is 7.70. The van der Waals surface area contributed by atoms with Crippen LogP contribution in [0.15, 0.2) is 54.9 Å². The number of hydrogen-bond acceptors (Lipinski definition) is 5. The molecule has 0 spiro atoms. The van der Waals surface area contributed by atoms with Gasteiger partial charge in [-0.2, -0.15) is 0 Å². The van der Waals surface area contributed by atoms with Gasteiger partial charge >= 0.3 is 0 Å². The van der Waals surface area contributed by atoms with Gasteiger partial charge < -0.3 is 11.3 Å². The summed E-state index contributed by atoms with van der Waals surface area (Å²) >= 11 is 0. The number of phenolic OH excluding ortho intramolecular Hbond substituents is 1. The van der Waals surface area contributed by atoms with Crippen LogP contribution in [0.2, 0.25) is 0 Å². The predicted molar refractivity (Wildman–Crippen MR) is 64.0 cm³/mol. The summed E-state index contributed by atoms with van der Waals surface area (Å²) in [5, 5.41) is 18.8. The largest absolute Gasteiger partial charge is 0.508 e. The monoisotopic (exact) mass is 235 g/mol. The van der Waals surface area contributed by atoms with Gasteiger partial charge in [-0.15, -0.1) is 0 Å². The van der Waals surface area contributed by atoms with Crippen LogP contribution in [0.1, 0.15) is 0 Å². The first kappa shape index (κ1) is 14.5. The third-order valence-corrected chi connectivity index (χ3v) is 1.63. The van der Waals surface area contributed by atoms with Gasteiger partial charge in [0.25, 0.3) is 5.69 Å². The molecule has 6 heteroatoms. The van der Waals surface area contributed by atoms with E-state index in [-0.39, 0.29) is 17.6 Å². The van der Waals surface area contributed by atoms with E-state index >= 15 is 0 Å². The molecule has 0 aliphatic rings. The molecular formula is C11H13N3O3. The molecular weight excluding hydrogens is 222 g/mol. The molecule has 17 heavy (non-hydrogen) atoms. The fourth-order valence-corrected chi connectivity index (χ4v) is 0.887. The summed E-state index contributed by atoms with van der Waals surface area (Å²) in [6.45, 7) is 0.